The van der Waals surface area contributed by atoms with E-state index in [1.54, 1.807) is 23.3 Å². The van der Waals surface area contributed by atoms with E-state index in [0.717, 1.165) is 30.0 Å². The number of nitriles is 1. The molecule has 0 radical (unpaired) electrons. The number of nitrogens with zero attached hydrogens (tertiary/aromatic N) is 7. The molecule has 1 saturated heterocycles. The standard InChI is InChI=1S/C16H17N9.ClH/c1-24-9-13(7-20-24)22-15-19-5-2-14(23-15)12-6-21-25(8-12)16(3-4-17)10-18-11-16;/h2,5-9,18H,3,10-11H2,1H3,(H,19,22,23);1H. The zero-order valence-electron chi connectivity index (χ0n) is 14.1. The fraction of sp³-hybridized carbons (Fsp3) is 0.312. The predicted octanol–water partition coefficient (Wildman–Crippen LogP) is 1.45. The molecule has 0 atom stereocenters. The quantitative estimate of drug-likeness (QED) is 0.698. The molecule has 0 amide bonds. The molecule has 1 aliphatic rings. The topological polar surface area (TPSA) is 109 Å². The minimum atomic E-state index is -0.253. The summed E-state index contributed by atoms with van der Waals surface area (Å²) in [5.74, 6) is 0.496. The first-order valence-electron chi connectivity index (χ1n) is 7.90. The number of aromatic nitrogens is 6. The van der Waals surface area contributed by atoms with Crippen molar-refractivity contribution in [3.63, 3.8) is 0 Å². The lowest BCUT2D eigenvalue weighted by Gasteiger charge is -2.41. The lowest BCUT2D eigenvalue weighted by molar-refractivity contribution is 0.160. The highest BCUT2D eigenvalue weighted by Crippen LogP contribution is 2.27. The Morgan fingerprint density at radius 2 is 2.15 bits per heavy atom. The minimum absolute atomic E-state index is 0. The number of aryl methyl sites for hydroxylation is 1. The first-order chi connectivity index (χ1) is 12.2. The van der Waals surface area contributed by atoms with Crippen molar-refractivity contribution in [2.45, 2.75) is 12.0 Å². The van der Waals surface area contributed by atoms with Gasteiger partial charge in [-0.25, -0.2) is 9.97 Å². The van der Waals surface area contributed by atoms with Gasteiger partial charge in [0.25, 0.3) is 0 Å². The molecule has 3 aromatic heterocycles. The van der Waals surface area contributed by atoms with Crippen LogP contribution in [-0.4, -0.2) is 42.6 Å². The van der Waals surface area contributed by atoms with Crippen LogP contribution in [0.2, 0.25) is 0 Å². The summed E-state index contributed by atoms with van der Waals surface area (Å²) >= 11 is 0. The number of rotatable bonds is 5. The van der Waals surface area contributed by atoms with Crippen LogP contribution in [0.15, 0.2) is 37.1 Å². The molecule has 134 valence electrons. The summed E-state index contributed by atoms with van der Waals surface area (Å²) in [6.45, 7) is 1.50. The van der Waals surface area contributed by atoms with E-state index in [0.29, 0.717) is 12.4 Å². The average molecular weight is 372 g/mol. The Labute approximate surface area is 156 Å². The number of hydrogen-bond acceptors (Lipinski definition) is 7. The largest absolute Gasteiger partial charge is 0.321 e. The molecule has 10 heteroatoms. The fourth-order valence-corrected chi connectivity index (χ4v) is 2.84. The zero-order chi connectivity index (χ0) is 17.3. The molecule has 0 bridgehead atoms. The molecule has 3 aromatic rings. The molecule has 1 fully saturated rings. The summed E-state index contributed by atoms with van der Waals surface area (Å²) in [5.41, 5.74) is 2.23. The van der Waals surface area contributed by atoms with Crippen molar-refractivity contribution in [1.29, 1.82) is 5.26 Å². The second kappa shape index (κ2) is 7.11. The molecule has 4 rings (SSSR count). The third-order valence-electron chi connectivity index (χ3n) is 4.30. The molecular formula is C16H18ClN9. The number of halogens is 1. The lowest BCUT2D eigenvalue weighted by atomic mass is 9.89. The van der Waals surface area contributed by atoms with Crippen LogP contribution in [0.4, 0.5) is 11.6 Å². The van der Waals surface area contributed by atoms with Crippen LogP contribution in [-0.2, 0) is 12.6 Å². The Balaban J connectivity index is 0.00000196. The van der Waals surface area contributed by atoms with Crippen molar-refractivity contribution in [3.8, 4) is 17.3 Å². The van der Waals surface area contributed by atoms with Crippen LogP contribution in [0, 0.1) is 11.3 Å². The van der Waals surface area contributed by atoms with E-state index in [4.69, 9.17) is 5.26 Å². The normalized spacial score (nSPS) is 14.8. The molecule has 0 aliphatic carbocycles. The number of nitrogens with one attached hydrogen (secondary N) is 2. The monoisotopic (exact) mass is 371 g/mol. The molecule has 2 N–H and O–H groups in total. The SMILES string of the molecule is Cl.Cn1cc(Nc2nccc(-c3cnn(C4(CC#N)CNC4)c3)n2)cn1. The molecule has 0 unspecified atom stereocenters. The van der Waals surface area contributed by atoms with E-state index in [1.807, 2.05) is 30.2 Å². The van der Waals surface area contributed by atoms with E-state index in [2.05, 4.69) is 36.9 Å². The van der Waals surface area contributed by atoms with Crippen LogP contribution in [0.5, 0.6) is 0 Å². The molecule has 1 aliphatic heterocycles. The predicted molar refractivity (Wildman–Crippen MR) is 98.1 cm³/mol. The van der Waals surface area contributed by atoms with Crippen LogP contribution in [0.25, 0.3) is 11.3 Å². The minimum Gasteiger partial charge on any atom is -0.321 e. The smallest absolute Gasteiger partial charge is 0.227 e. The average Bonchev–Trinajstić information content (AvgIpc) is 3.21. The summed E-state index contributed by atoms with van der Waals surface area (Å²) in [5, 5.41) is 24.0. The van der Waals surface area contributed by atoms with Gasteiger partial charge < -0.3 is 10.6 Å². The highest BCUT2D eigenvalue weighted by Gasteiger charge is 2.39. The zero-order valence-corrected chi connectivity index (χ0v) is 14.9. The van der Waals surface area contributed by atoms with Crippen LogP contribution in [0.1, 0.15) is 6.42 Å². The van der Waals surface area contributed by atoms with Gasteiger partial charge in [0.05, 0.1) is 36.3 Å². The first kappa shape index (κ1) is 17.8. The van der Waals surface area contributed by atoms with Gasteiger partial charge in [-0.3, -0.25) is 9.36 Å². The van der Waals surface area contributed by atoms with Crippen molar-refractivity contribution in [2.75, 3.05) is 18.4 Å². The Kier molecular flexibility index (Phi) is 4.88. The molecule has 0 spiro atoms. The summed E-state index contributed by atoms with van der Waals surface area (Å²) in [6, 6.07) is 4.09. The summed E-state index contributed by atoms with van der Waals surface area (Å²) < 4.78 is 3.58. The van der Waals surface area contributed by atoms with Gasteiger partial charge in [0.1, 0.15) is 5.54 Å². The van der Waals surface area contributed by atoms with Gasteiger partial charge >= 0.3 is 0 Å². The van der Waals surface area contributed by atoms with Gasteiger partial charge in [-0.2, -0.15) is 15.5 Å². The van der Waals surface area contributed by atoms with Crippen molar-refractivity contribution >= 4 is 24.0 Å². The van der Waals surface area contributed by atoms with E-state index in [1.165, 1.54) is 0 Å². The molecular weight excluding hydrogens is 354 g/mol. The van der Waals surface area contributed by atoms with Crippen molar-refractivity contribution in [2.24, 2.45) is 7.05 Å². The third kappa shape index (κ3) is 3.24. The maximum atomic E-state index is 9.08. The second-order valence-corrected chi connectivity index (χ2v) is 6.13. The molecule has 26 heavy (non-hydrogen) atoms. The van der Waals surface area contributed by atoms with Gasteiger partial charge in [0, 0.05) is 44.3 Å². The molecule has 4 heterocycles. The molecule has 0 saturated carbocycles. The summed E-state index contributed by atoms with van der Waals surface area (Å²) in [4.78, 5) is 8.78. The van der Waals surface area contributed by atoms with Crippen LogP contribution in [0.3, 0.4) is 0 Å². The highest BCUT2D eigenvalue weighted by atomic mass is 35.5. The molecule has 9 nitrogen and oxygen atoms in total. The van der Waals surface area contributed by atoms with E-state index in [-0.39, 0.29) is 17.9 Å². The van der Waals surface area contributed by atoms with Crippen molar-refractivity contribution in [3.05, 3.63) is 37.1 Å². The summed E-state index contributed by atoms with van der Waals surface area (Å²) in [7, 11) is 1.85. The Morgan fingerprint density at radius 3 is 2.81 bits per heavy atom. The Hall–Kier alpha value is -2.96. The van der Waals surface area contributed by atoms with Gasteiger partial charge in [-0.15, -0.1) is 12.4 Å². The Morgan fingerprint density at radius 1 is 1.31 bits per heavy atom. The van der Waals surface area contributed by atoms with Gasteiger partial charge in [0.15, 0.2) is 0 Å². The van der Waals surface area contributed by atoms with Gasteiger partial charge in [0.2, 0.25) is 5.95 Å². The fourth-order valence-electron chi connectivity index (χ4n) is 2.84. The number of hydrogen-bond donors (Lipinski definition) is 2. The maximum absolute atomic E-state index is 9.08. The van der Waals surface area contributed by atoms with E-state index < -0.39 is 0 Å². The second-order valence-electron chi connectivity index (χ2n) is 6.13. The van der Waals surface area contributed by atoms with Crippen LogP contribution < -0.4 is 10.6 Å². The van der Waals surface area contributed by atoms with Gasteiger partial charge in [-0.05, 0) is 6.07 Å². The van der Waals surface area contributed by atoms with E-state index in [9.17, 15) is 0 Å². The maximum Gasteiger partial charge on any atom is 0.227 e. The van der Waals surface area contributed by atoms with Crippen molar-refractivity contribution < 1.29 is 0 Å². The third-order valence-corrected chi connectivity index (χ3v) is 4.30. The van der Waals surface area contributed by atoms with Gasteiger partial charge in [-0.1, -0.05) is 0 Å². The van der Waals surface area contributed by atoms with E-state index >= 15 is 0 Å². The lowest BCUT2D eigenvalue weighted by Crippen LogP contribution is -2.60. The Bertz CT molecular complexity index is 935. The first-order valence-corrected chi connectivity index (χ1v) is 7.90. The highest BCUT2D eigenvalue weighted by molar-refractivity contribution is 5.85. The van der Waals surface area contributed by atoms with Crippen LogP contribution >= 0.6 is 12.4 Å². The number of anilines is 2. The molecule has 0 aromatic carbocycles. The van der Waals surface area contributed by atoms with Crippen molar-refractivity contribution in [1.82, 2.24) is 34.8 Å². The summed E-state index contributed by atoms with van der Waals surface area (Å²) in [6.07, 6.45) is 9.40.